The van der Waals surface area contributed by atoms with Gasteiger partial charge in [0.1, 0.15) is 5.82 Å². The number of imidazole rings is 1. The fourth-order valence-electron chi connectivity index (χ4n) is 3.58. The molecule has 3 atom stereocenters. The van der Waals surface area contributed by atoms with Gasteiger partial charge in [0.15, 0.2) is 0 Å². The number of nitrogens with one attached hydrogen (secondary N) is 1. The molecule has 1 aliphatic rings. The van der Waals surface area contributed by atoms with Gasteiger partial charge in [0, 0.05) is 31.2 Å². The zero-order valence-corrected chi connectivity index (χ0v) is 13.3. The third-order valence-corrected chi connectivity index (χ3v) is 4.91. The molecule has 1 aliphatic heterocycles. The van der Waals surface area contributed by atoms with Crippen LogP contribution in [0, 0.1) is 11.8 Å². The van der Waals surface area contributed by atoms with E-state index in [1.54, 1.807) is 0 Å². The largest absolute Gasteiger partial charge is 0.399 e. The van der Waals surface area contributed by atoms with Crippen molar-refractivity contribution in [2.75, 3.05) is 18.8 Å². The van der Waals surface area contributed by atoms with E-state index in [0.717, 1.165) is 47.3 Å². The van der Waals surface area contributed by atoms with Crippen molar-refractivity contribution in [2.45, 2.75) is 39.7 Å². The quantitative estimate of drug-likeness (QED) is 0.853. The molecule has 1 aromatic heterocycles. The van der Waals surface area contributed by atoms with E-state index in [1.165, 1.54) is 13.0 Å². The average Bonchev–Trinajstić information content (AvgIpc) is 2.83. The number of piperidine rings is 1. The molecular weight excluding hydrogens is 260 g/mol. The molecule has 3 rings (SSSR count). The predicted octanol–water partition coefficient (Wildman–Crippen LogP) is 3.05. The van der Waals surface area contributed by atoms with Crippen LogP contribution in [0.25, 0.3) is 11.0 Å². The van der Waals surface area contributed by atoms with Crippen molar-refractivity contribution in [1.82, 2.24) is 14.9 Å². The third kappa shape index (κ3) is 3.05. The van der Waals surface area contributed by atoms with Gasteiger partial charge in [-0.2, -0.15) is 0 Å². The molecule has 3 N–H and O–H groups in total. The topological polar surface area (TPSA) is 57.9 Å². The second-order valence-electron chi connectivity index (χ2n) is 6.76. The lowest BCUT2D eigenvalue weighted by Gasteiger charge is -2.41. The van der Waals surface area contributed by atoms with Gasteiger partial charge in [0.25, 0.3) is 0 Å². The molecule has 2 aromatic rings. The summed E-state index contributed by atoms with van der Waals surface area (Å²) in [4.78, 5) is 10.7. The van der Waals surface area contributed by atoms with Crippen molar-refractivity contribution in [2.24, 2.45) is 11.8 Å². The Hall–Kier alpha value is -1.55. The lowest BCUT2D eigenvalue weighted by atomic mass is 9.86. The summed E-state index contributed by atoms with van der Waals surface area (Å²) < 4.78 is 0. The Kier molecular flexibility index (Phi) is 3.89. The average molecular weight is 286 g/mol. The van der Waals surface area contributed by atoms with Crippen LogP contribution in [0.1, 0.15) is 33.0 Å². The molecule has 1 saturated heterocycles. The van der Waals surface area contributed by atoms with Crippen LogP contribution in [0.2, 0.25) is 0 Å². The molecule has 4 nitrogen and oxygen atoms in total. The zero-order valence-electron chi connectivity index (χ0n) is 13.3. The highest BCUT2D eigenvalue weighted by Crippen LogP contribution is 2.27. The van der Waals surface area contributed by atoms with Crippen molar-refractivity contribution in [3.63, 3.8) is 0 Å². The van der Waals surface area contributed by atoms with Gasteiger partial charge in [0.05, 0.1) is 11.0 Å². The molecule has 0 saturated carbocycles. The molecule has 0 bridgehead atoms. The van der Waals surface area contributed by atoms with Crippen LogP contribution in [-0.4, -0.2) is 34.0 Å². The maximum atomic E-state index is 5.82. The minimum Gasteiger partial charge on any atom is -0.399 e. The number of nitrogens with zero attached hydrogens (tertiary/aromatic N) is 2. The molecule has 21 heavy (non-hydrogen) atoms. The molecule has 2 heterocycles. The molecule has 114 valence electrons. The van der Waals surface area contributed by atoms with Gasteiger partial charge >= 0.3 is 0 Å². The number of benzene rings is 1. The molecular formula is C17H26N4. The van der Waals surface area contributed by atoms with E-state index in [0.29, 0.717) is 6.04 Å². The summed E-state index contributed by atoms with van der Waals surface area (Å²) in [6.45, 7) is 9.37. The maximum Gasteiger partial charge on any atom is 0.108 e. The number of aromatic nitrogens is 2. The normalized spacial score (nSPS) is 27.3. The molecule has 1 aromatic carbocycles. The summed E-state index contributed by atoms with van der Waals surface area (Å²) in [5.41, 5.74) is 8.65. The van der Waals surface area contributed by atoms with E-state index in [9.17, 15) is 0 Å². The van der Waals surface area contributed by atoms with Crippen LogP contribution in [-0.2, 0) is 6.42 Å². The van der Waals surface area contributed by atoms with Gasteiger partial charge in [-0.05, 0) is 43.4 Å². The third-order valence-electron chi connectivity index (χ3n) is 4.91. The second kappa shape index (κ2) is 5.68. The minimum atomic E-state index is 0.668. The van der Waals surface area contributed by atoms with E-state index in [1.807, 2.05) is 18.2 Å². The Balaban J connectivity index is 1.68. The van der Waals surface area contributed by atoms with Crippen molar-refractivity contribution in [3.8, 4) is 0 Å². The van der Waals surface area contributed by atoms with Gasteiger partial charge in [-0.3, -0.25) is 4.90 Å². The van der Waals surface area contributed by atoms with E-state index in [2.05, 4.69) is 35.6 Å². The number of fused-ring (bicyclic) bond motifs is 1. The summed E-state index contributed by atoms with van der Waals surface area (Å²) in [6.07, 6.45) is 2.32. The number of hydrogen-bond acceptors (Lipinski definition) is 3. The first-order valence-electron chi connectivity index (χ1n) is 8.01. The highest BCUT2D eigenvalue weighted by Gasteiger charge is 2.28. The number of rotatable bonds is 3. The zero-order chi connectivity index (χ0) is 15.0. The number of aromatic amines is 1. The number of nitrogens with two attached hydrogens (primary N) is 1. The first-order chi connectivity index (χ1) is 10.0. The van der Waals surface area contributed by atoms with Gasteiger partial charge in [0.2, 0.25) is 0 Å². The van der Waals surface area contributed by atoms with E-state index >= 15 is 0 Å². The first-order valence-corrected chi connectivity index (χ1v) is 8.01. The fraction of sp³-hybridized carbons (Fsp3) is 0.588. The number of H-pyrrole nitrogens is 1. The van der Waals surface area contributed by atoms with E-state index in [4.69, 9.17) is 5.73 Å². The fourth-order valence-corrected chi connectivity index (χ4v) is 3.58. The summed E-state index contributed by atoms with van der Waals surface area (Å²) in [5, 5.41) is 0. The number of likely N-dealkylation sites (tertiary alicyclic amines) is 1. The van der Waals surface area contributed by atoms with Crippen LogP contribution in [0.4, 0.5) is 5.69 Å². The standard InChI is InChI=1S/C17H26N4/c1-11-8-12(2)13(3)21(10-11)7-6-17-19-15-5-4-14(18)9-16(15)20-17/h4-5,9,11-13H,6-8,10,18H2,1-3H3,(H,19,20). The van der Waals surface area contributed by atoms with Gasteiger partial charge in [-0.1, -0.05) is 13.8 Å². The van der Waals surface area contributed by atoms with Gasteiger partial charge in [-0.15, -0.1) is 0 Å². The summed E-state index contributed by atoms with van der Waals surface area (Å²) in [7, 11) is 0. The Labute approximate surface area is 126 Å². The van der Waals surface area contributed by atoms with Crippen molar-refractivity contribution in [1.29, 1.82) is 0 Å². The summed E-state index contributed by atoms with van der Waals surface area (Å²) >= 11 is 0. The first kappa shape index (κ1) is 14.4. The SMILES string of the molecule is CC1CC(C)C(C)N(CCc2nc3ccc(N)cc3[nH]2)C1. The van der Waals surface area contributed by atoms with Crippen molar-refractivity contribution in [3.05, 3.63) is 24.0 Å². The van der Waals surface area contributed by atoms with E-state index < -0.39 is 0 Å². The number of hydrogen-bond donors (Lipinski definition) is 2. The number of nitrogen functional groups attached to an aromatic ring is 1. The molecule has 0 spiro atoms. The van der Waals surface area contributed by atoms with Gasteiger partial charge < -0.3 is 10.7 Å². The number of anilines is 1. The summed E-state index contributed by atoms with van der Waals surface area (Å²) in [6, 6.07) is 6.52. The highest BCUT2D eigenvalue weighted by atomic mass is 15.2. The molecule has 1 fully saturated rings. The van der Waals surface area contributed by atoms with Crippen molar-refractivity contribution < 1.29 is 0 Å². The Bertz CT molecular complexity index is 618. The predicted molar refractivity (Wildman–Crippen MR) is 88.2 cm³/mol. The Morgan fingerprint density at radius 2 is 2.14 bits per heavy atom. The van der Waals surface area contributed by atoms with Crippen molar-refractivity contribution >= 4 is 16.7 Å². The lowest BCUT2D eigenvalue weighted by molar-refractivity contribution is 0.0806. The Morgan fingerprint density at radius 3 is 2.95 bits per heavy atom. The second-order valence-corrected chi connectivity index (χ2v) is 6.76. The van der Waals surface area contributed by atoms with E-state index in [-0.39, 0.29) is 0 Å². The Morgan fingerprint density at radius 1 is 1.33 bits per heavy atom. The van der Waals surface area contributed by atoms with Crippen LogP contribution < -0.4 is 5.73 Å². The smallest absolute Gasteiger partial charge is 0.108 e. The van der Waals surface area contributed by atoms with Crippen LogP contribution in [0.3, 0.4) is 0 Å². The molecule has 0 aliphatic carbocycles. The molecule has 3 unspecified atom stereocenters. The van der Waals surface area contributed by atoms with Crippen LogP contribution >= 0.6 is 0 Å². The van der Waals surface area contributed by atoms with Crippen LogP contribution in [0.15, 0.2) is 18.2 Å². The van der Waals surface area contributed by atoms with Gasteiger partial charge in [-0.25, -0.2) is 4.98 Å². The monoisotopic (exact) mass is 286 g/mol. The minimum absolute atomic E-state index is 0.668. The molecule has 4 heteroatoms. The maximum absolute atomic E-state index is 5.82. The lowest BCUT2D eigenvalue weighted by Crippen LogP contribution is -2.46. The summed E-state index contributed by atoms with van der Waals surface area (Å²) in [5.74, 6) is 2.64. The highest BCUT2D eigenvalue weighted by molar-refractivity contribution is 5.78. The molecule has 0 radical (unpaired) electrons. The van der Waals surface area contributed by atoms with Crippen LogP contribution in [0.5, 0.6) is 0 Å². The molecule has 0 amide bonds.